The molecule has 2 atom stereocenters. The van der Waals surface area contributed by atoms with Gasteiger partial charge in [-0.1, -0.05) is 30.8 Å². The third-order valence-electron chi connectivity index (χ3n) is 3.11. The summed E-state index contributed by atoms with van der Waals surface area (Å²) in [5.41, 5.74) is 2.25. The van der Waals surface area contributed by atoms with E-state index in [-0.39, 0.29) is 17.4 Å². The molecule has 0 spiro atoms. The normalized spacial score (nSPS) is 19.4. The monoisotopic (exact) mass is 319 g/mol. The molecule has 6 heteroatoms. The van der Waals surface area contributed by atoms with Gasteiger partial charge in [0, 0.05) is 30.1 Å². The lowest BCUT2D eigenvalue weighted by molar-refractivity contribution is -0.131. The van der Waals surface area contributed by atoms with Crippen molar-refractivity contribution in [2.45, 2.75) is 24.9 Å². The fourth-order valence-corrected chi connectivity index (χ4v) is 2.66. The second-order valence-corrected chi connectivity index (χ2v) is 5.77. The molecule has 2 unspecified atom stereocenters. The highest BCUT2D eigenvalue weighted by atomic mass is 32.2. The van der Waals surface area contributed by atoms with E-state index in [0.29, 0.717) is 12.0 Å². The van der Waals surface area contributed by atoms with E-state index in [1.54, 1.807) is 0 Å². The van der Waals surface area contributed by atoms with Crippen LogP contribution >= 0.6 is 12.0 Å². The van der Waals surface area contributed by atoms with Gasteiger partial charge in [-0.3, -0.25) is 5.41 Å². The fourth-order valence-electron chi connectivity index (χ4n) is 1.85. The van der Waals surface area contributed by atoms with E-state index in [9.17, 15) is 4.79 Å². The minimum absolute atomic E-state index is 0.128. The Bertz CT molecular complexity index is 593. The van der Waals surface area contributed by atoms with Gasteiger partial charge < -0.3 is 14.0 Å². The number of ether oxygens (including phenoxy) is 1. The predicted molar refractivity (Wildman–Crippen MR) is 86.6 cm³/mol. The average Bonchev–Trinajstić information content (AvgIpc) is 2.82. The molecule has 1 fully saturated rings. The molecule has 0 aliphatic carbocycles. The van der Waals surface area contributed by atoms with E-state index in [1.165, 1.54) is 18.1 Å². The zero-order chi connectivity index (χ0) is 16.1. The second-order valence-electron chi connectivity index (χ2n) is 4.86. The molecule has 0 bridgehead atoms. The van der Waals surface area contributed by atoms with E-state index < -0.39 is 5.97 Å². The number of hydrogen-bond donors (Lipinski definition) is 2. The summed E-state index contributed by atoms with van der Waals surface area (Å²) < 4.78 is 11.0. The molecule has 0 saturated carbocycles. The Morgan fingerprint density at radius 2 is 2.23 bits per heavy atom. The Morgan fingerprint density at radius 3 is 2.77 bits per heavy atom. The van der Waals surface area contributed by atoms with Gasteiger partial charge in [-0.2, -0.15) is 0 Å². The van der Waals surface area contributed by atoms with Crippen molar-refractivity contribution < 1.29 is 18.8 Å². The van der Waals surface area contributed by atoms with Gasteiger partial charge in [0.05, 0.1) is 6.10 Å². The van der Waals surface area contributed by atoms with Gasteiger partial charge >= 0.3 is 5.97 Å². The number of nitrogens with one attached hydrogen (secondary N) is 1. The van der Waals surface area contributed by atoms with Crippen molar-refractivity contribution in [3.05, 3.63) is 53.6 Å². The van der Waals surface area contributed by atoms with Crippen LogP contribution in [0.4, 0.5) is 0 Å². The van der Waals surface area contributed by atoms with Crippen LogP contribution in [0, 0.1) is 5.41 Å². The first-order valence-corrected chi connectivity index (χ1v) is 7.52. The highest BCUT2D eigenvalue weighted by Crippen LogP contribution is 2.32. The van der Waals surface area contributed by atoms with Crippen LogP contribution in [0.15, 0.2) is 42.5 Å². The van der Waals surface area contributed by atoms with Crippen molar-refractivity contribution in [1.82, 2.24) is 0 Å². The Labute approximate surface area is 133 Å². The molecule has 1 aromatic rings. The zero-order valence-electron chi connectivity index (χ0n) is 12.1. The summed E-state index contributed by atoms with van der Waals surface area (Å²) in [6.45, 7) is 5.66. The van der Waals surface area contributed by atoms with Crippen LogP contribution in [0.25, 0.3) is 6.08 Å². The first kappa shape index (κ1) is 16.3. The Kier molecular flexibility index (Phi) is 5.41. The Balaban J connectivity index is 1.87. The van der Waals surface area contributed by atoms with Crippen LogP contribution in [0.3, 0.4) is 0 Å². The summed E-state index contributed by atoms with van der Waals surface area (Å²) in [6, 6.07) is 7.46. The molecular formula is C16H17NO4S. The largest absolute Gasteiger partial charge is 0.478 e. The molecule has 0 amide bonds. The maximum atomic E-state index is 10.5. The molecule has 5 nitrogen and oxygen atoms in total. The summed E-state index contributed by atoms with van der Waals surface area (Å²) in [7, 11) is 0. The Hall–Kier alpha value is -2.05. The van der Waals surface area contributed by atoms with Crippen LogP contribution in [0.2, 0.25) is 0 Å². The second kappa shape index (κ2) is 7.29. The first-order chi connectivity index (χ1) is 10.5. The number of hydrogen-bond acceptors (Lipinski definition) is 5. The molecule has 1 saturated heterocycles. The molecule has 1 aliphatic rings. The van der Waals surface area contributed by atoms with E-state index >= 15 is 0 Å². The standard InChI is InChI=1S/C16H17NO4S/c1-10-9-15(20-16(10)17)22-21-11(2)13-6-3-12(4-7-13)5-8-14(18)19/h3-8,11,15,17H,1,9H2,2H3,(H,18,19)/b8-5+,17-16?. The predicted octanol–water partition coefficient (Wildman–Crippen LogP) is 3.79. The molecule has 1 aromatic carbocycles. The number of carboxylic acids is 1. The minimum Gasteiger partial charge on any atom is -0.478 e. The lowest BCUT2D eigenvalue weighted by atomic mass is 10.1. The molecule has 2 N–H and O–H groups in total. The van der Waals surface area contributed by atoms with Crippen molar-refractivity contribution in [3.63, 3.8) is 0 Å². The lowest BCUT2D eigenvalue weighted by Crippen LogP contribution is -2.04. The van der Waals surface area contributed by atoms with Gasteiger partial charge in [0.25, 0.3) is 0 Å². The number of carboxylic acid groups (broad SMARTS) is 1. The lowest BCUT2D eigenvalue weighted by Gasteiger charge is -2.15. The zero-order valence-corrected chi connectivity index (χ0v) is 12.9. The SMILES string of the molecule is C=C1CC(SOC(C)c2ccc(/C=C/C(=O)O)cc2)OC1=N. The number of aliphatic carboxylic acids is 1. The maximum absolute atomic E-state index is 10.5. The van der Waals surface area contributed by atoms with E-state index in [2.05, 4.69) is 6.58 Å². The first-order valence-electron chi connectivity index (χ1n) is 6.72. The van der Waals surface area contributed by atoms with E-state index in [4.69, 9.17) is 19.4 Å². The van der Waals surface area contributed by atoms with Gasteiger partial charge in [0.1, 0.15) is 0 Å². The summed E-state index contributed by atoms with van der Waals surface area (Å²) in [5.74, 6) is -0.843. The molecule has 0 radical (unpaired) electrons. The van der Waals surface area contributed by atoms with Gasteiger partial charge in [-0.25, -0.2) is 4.79 Å². The van der Waals surface area contributed by atoms with Gasteiger partial charge in [0.2, 0.25) is 5.90 Å². The molecule has 1 heterocycles. The highest BCUT2D eigenvalue weighted by Gasteiger charge is 2.26. The smallest absolute Gasteiger partial charge is 0.328 e. The quantitative estimate of drug-likeness (QED) is 0.616. The van der Waals surface area contributed by atoms with Crippen molar-refractivity contribution in [2.24, 2.45) is 0 Å². The molecule has 1 aliphatic heterocycles. The van der Waals surface area contributed by atoms with Crippen molar-refractivity contribution in [3.8, 4) is 0 Å². The molecule has 22 heavy (non-hydrogen) atoms. The van der Waals surface area contributed by atoms with Crippen LogP contribution in [-0.2, 0) is 13.7 Å². The molecule has 0 aromatic heterocycles. The van der Waals surface area contributed by atoms with Crippen LogP contribution < -0.4 is 0 Å². The van der Waals surface area contributed by atoms with Crippen molar-refractivity contribution in [2.75, 3.05) is 0 Å². The van der Waals surface area contributed by atoms with Crippen LogP contribution in [-0.4, -0.2) is 22.4 Å². The average molecular weight is 319 g/mol. The summed E-state index contributed by atoms with van der Waals surface area (Å²) in [6.07, 6.45) is 3.09. The van der Waals surface area contributed by atoms with Gasteiger partial charge in [-0.05, 0) is 24.1 Å². The maximum Gasteiger partial charge on any atom is 0.328 e. The molecular weight excluding hydrogens is 302 g/mol. The summed E-state index contributed by atoms with van der Waals surface area (Å²) in [4.78, 5) is 10.5. The fraction of sp³-hybridized carbons (Fsp3) is 0.250. The van der Waals surface area contributed by atoms with Crippen molar-refractivity contribution >= 4 is 30.0 Å². The van der Waals surface area contributed by atoms with Gasteiger partial charge in [0.15, 0.2) is 5.44 Å². The summed E-state index contributed by atoms with van der Waals surface area (Å²) in [5, 5.41) is 16.1. The van der Waals surface area contributed by atoms with Crippen LogP contribution in [0.1, 0.15) is 30.6 Å². The number of carbonyl (C=O) groups is 1. The number of rotatable bonds is 6. The van der Waals surface area contributed by atoms with E-state index in [1.807, 2.05) is 31.2 Å². The minimum atomic E-state index is -0.971. The third kappa shape index (κ3) is 4.47. The van der Waals surface area contributed by atoms with E-state index in [0.717, 1.165) is 17.2 Å². The van der Waals surface area contributed by atoms with Crippen LogP contribution in [0.5, 0.6) is 0 Å². The van der Waals surface area contributed by atoms with Crippen molar-refractivity contribution in [1.29, 1.82) is 5.41 Å². The Morgan fingerprint density at radius 1 is 1.55 bits per heavy atom. The summed E-state index contributed by atoms with van der Waals surface area (Å²) >= 11 is 1.20. The third-order valence-corrected chi connectivity index (χ3v) is 3.99. The number of benzene rings is 1. The molecule has 116 valence electrons. The molecule has 2 rings (SSSR count). The topological polar surface area (TPSA) is 79.6 Å². The van der Waals surface area contributed by atoms with Gasteiger partial charge in [-0.15, -0.1) is 0 Å². The highest BCUT2D eigenvalue weighted by molar-refractivity contribution is 7.95.